The van der Waals surface area contributed by atoms with Crippen molar-refractivity contribution in [1.82, 2.24) is 20.5 Å². The molecule has 3 aromatic rings. The molecule has 1 fully saturated rings. The molecule has 1 aliphatic carbocycles. The first kappa shape index (κ1) is 15.8. The van der Waals surface area contributed by atoms with Gasteiger partial charge in [0.2, 0.25) is 0 Å². The predicted octanol–water partition coefficient (Wildman–Crippen LogP) is 2.07. The van der Waals surface area contributed by atoms with E-state index in [0.29, 0.717) is 25.0 Å². The van der Waals surface area contributed by atoms with Gasteiger partial charge in [-0.25, -0.2) is 0 Å². The Balaban J connectivity index is 1.54. The normalized spacial score (nSPS) is 20.8. The Labute approximate surface area is 145 Å². The van der Waals surface area contributed by atoms with Gasteiger partial charge in [0.1, 0.15) is 0 Å². The van der Waals surface area contributed by atoms with E-state index in [2.05, 4.69) is 20.5 Å². The molecule has 1 atom stereocenters. The van der Waals surface area contributed by atoms with Crippen LogP contribution >= 0.6 is 0 Å². The van der Waals surface area contributed by atoms with Gasteiger partial charge in [0.15, 0.2) is 5.69 Å². The van der Waals surface area contributed by atoms with Crippen LogP contribution in [0.5, 0.6) is 0 Å². The summed E-state index contributed by atoms with van der Waals surface area (Å²) in [5.41, 5.74) is 2.18. The van der Waals surface area contributed by atoms with Crippen molar-refractivity contribution in [3.05, 3.63) is 60.0 Å². The van der Waals surface area contributed by atoms with Crippen LogP contribution in [0.25, 0.3) is 10.9 Å². The number of fused-ring (bicyclic) bond motifs is 1. The van der Waals surface area contributed by atoms with Crippen molar-refractivity contribution in [2.24, 2.45) is 5.92 Å². The molecule has 2 aromatic heterocycles. The fourth-order valence-electron chi connectivity index (χ4n) is 3.41. The smallest absolute Gasteiger partial charge is 0.272 e. The minimum atomic E-state index is -0.264. The molecule has 0 spiro atoms. The van der Waals surface area contributed by atoms with Gasteiger partial charge < -0.3 is 10.4 Å². The second kappa shape index (κ2) is 6.64. The number of aromatic amines is 1. The van der Waals surface area contributed by atoms with E-state index in [-0.39, 0.29) is 24.0 Å². The van der Waals surface area contributed by atoms with Gasteiger partial charge in [-0.15, -0.1) is 0 Å². The second-order valence-electron chi connectivity index (χ2n) is 6.61. The highest BCUT2D eigenvalue weighted by molar-refractivity contribution is 6.04. The number of benzene rings is 1. The number of nitrogens with one attached hydrogen (secondary N) is 2. The molecule has 1 aliphatic rings. The molecule has 1 saturated carbocycles. The lowest BCUT2D eigenvalue weighted by Gasteiger charge is -2.38. The molecule has 1 amide bonds. The van der Waals surface area contributed by atoms with Crippen molar-refractivity contribution in [2.45, 2.75) is 31.4 Å². The summed E-state index contributed by atoms with van der Waals surface area (Å²) in [4.78, 5) is 17.1. The SMILES string of the molecule is O=C(N[C@H](Cc1ccccn1)C1CC(O)C1)c1n[nH]c2ccccc12. The highest BCUT2D eigenvalue weighted by Gasteiger charge is 2.35. The summed E-state index contributed by atoms with van der Waals surface area (Å²) in [6, 6.07) is 13.3. The zero-order valence-corrected chi connectivity index (χ0v) is 13.7. The lowest BCUT2D eigenvalue weighted by atomic mass is 9.76. The fraction of sp³-hybridized carbons (Fsp3) is 0.316. The van der Waals surface area contributed by atoms with Gasteiger partial charge in [0.25, 0.3) is 5.91 Å². The molecule has 0 radical (unpaired) electrons. The summed E-state index contributed by atoms with van der Waals surface area (Å²) >= 11 is 0. The standard InChI is InChI=1S/C19H20N4O2/c24-14-9-12(10-14)17(11-13-5-3-4-8-20-13)21-19(25)18-15-6-1-2-7-16(15)22-23-18/h1-8,12,14,17,24H,9-11H2,(H,21,25)(H,22,23)/t12?,14?,17-/m1/s1. The summed E-state index contributed by atoms with van der Waals surface area (Å²) < 4.78 is 0. The highest BCUT2D eigenvalue weighted by Crippen LogP contribution is 2.31. The molecule has 6 heteroatoms. The van der Waals surface area contributed by atoms with Gasteiger partial charge >= 0.3 is 0 Å². The third-order valence-corrected chi connectivity index (χ3v) is 4.88. The molecule has 128 valence electrons. The Morgan fingerprint density at radius 3 is 2.80 bits per heavy atom. The van der Waals surface area contributed by atoms with Crippen molar-refractivity contribution >= 4 is 16.8 Å². The number of hydrogen-bond donors (Lipinski definition) is 3. The zero-order valence-electron chi connectivity index (χ0n) is 13.7. The van der Waals surface area contributed by atoms with Crippen LogP contribution in [0.4, 0.5) is 0 Å². The maximum atomic E-state index is 12.8. The first-order valence-corrected chi connectivity index (χ1v) is 8.52. The number of amides is 1. The molecule has 0 bridgehead atoms. The molecule has 3 N–H and O–H groups in total. The van der Waals surface area contributed by atoms with Crippen LogP contribution in [0, 0.1) is 5.92 Å². The number of aromatic nitrogens is 3. The zero-order chi connectivity index (χ0) is 17.2. The quantitative estimate of drug-likeness (QED) is 0.665. The monoisotopic (exact) mass is 336 g/mol. The Morgan fingerprint density at radius 2 is 2.04 bits per heavy atom. The topological polar surface area (TPSA) is 90.9 Å². The molecule has 0 aliphatic heterocycles. The van der Waals surface area contributed by atoms with Gasteiger partial charge in [0.05, 0.1) is 11.6 Å². The second-order valence-corrected chi connectivity index (χ2v) is 6.61. The van der Waals surface area contributed by atoms with Gasteiger partial charge in [-0.3, -0.25) is 14.9 Å². The van der Waals surface area contributed by atoms with Gasteiger partial charge in [-0.1, -0.05) is 24.3 Å². The number of H-pyrrole nitrogens is 1. The molecular formula is C19H20N4O2. The average Bonchev–Trinajstić information content (AvgIpc) is 3.03. The molecule has 1 aromatic carbocycles. The van der Waals surface area contributed by atoms with Crippen molar-refractivity contribution in [3.63, 3.8) is 0 Å². The van der Waals surface area contributed by atoms with Crippen LogP contribution in [0.3, 0.4) is 0 Å². The van der Waals surface area contributed by atoms with E-state index in [1.807, 2.05) is 42.5 Å². The number of hydrogen-bond acceptors (Lipinski definition) is 4. The molecule has 2 heterocycles. The van der Waals surface area contributed by atoms with Gasteiger partial charge in [0, 0.05) is 29.7 Å². The minimum absolute atomic E-state index is 0.0683. The van der Waals surface area contributed by atoms with E-state index in [9.17, 15) is 9.90 Å². The van der Waals surface area contributed by atoms with Gasteiger partial charge in [-0.05, 0) is 37.0 Å². The van der Waals surface area contributed by atoms with E-state index in [4.69, 9.17) is 0 Å². The number of pyridine rings is 1. The van der Waals surface area contributed by atoms with E-state index >= 15 is 0 Å². The largest absolute Gasteiger partial charge is 0.393 e. The number of carbonyl (C=O) groups is 1. The van der Waals surface area contributed by atoms with Crippen LogP contribution in [0.1, 0.15) is 29.0 Å². The summed E-state index contributed by atoms with van der Waals surface area (Å²) in [5, 5.41) is 20.6. The third-order valence-electron chi connectivity index (χ3n) is 4.88. The van der Waals surface area contributed by atoms with Crippen molar-refractivity contribution < 1.29 is 9.90 Å². The Bertz CT molecular complexity index is 871. The van der Waals surface area contributed by atoms with E-state index in [1.54, 1.807) is 6.20 Å². The summed E-state index contributed by atoms with van der Waals surface area (Å²) in [5.74, 6) is 0.0610. The van der Waals surface area contributed by atoms with E-state index in [0.717, 1.165) is 16.6 Å². The molecule has 25 heavy (non-hydrogen) atoms. The summed E-state index contributed by atoms with van der Waals surface area (Å²) in [6.07, 6.45) is 3.55. The van der Waals surface area contributed by atoms with Gasteiger partial charge in [-0.2, -0.15) is 5.10 Å². The molecular weight excluding hydrogens is 316 g/mol. The molecule has 0 saturated heterocycles. The molecule has 6 nitrogen and oxygen atoms in total. The Hall–Kier alpha value is -2.73. The maximum Gasteiger partial charge on any atom is 0.272 e. The predicted molar refractivity (Wildman–Crippen MR) is 94.0 cm³/mol. The average molecular weight is 336 g/mol. The molecule has 4 rings (SSSR count). The van der Waals surface area contributed by atoms with Crippen molar-refractivity contribution in [2.75, 3.05) is 0 Å². The lowest BCUT2D eigenvalue weighted by molar-refractivity contribution is 0.0237. The lowest BCUT2D eigenvalue weighted by Crippen LogP contribution is -2.48. The Kier molecular flexibility index (Phi) is 4.19. The van der Waals surface area contributed by atoms with Crippen LogP contribution in [-0.2, 0) is 6.42 Å². The fourth-order valence-corrected chi connectivity index (χ4v) is 3.41. The number of nitrogens with zero attached hydrogens (tertiary/aromatic N) is 2. The maximum absolute atomic E-state index is 12.8. The van der Waals surface area contributed by atoms with Crippen molar-refractivity contribution in [1.29, 1.82) is 0 Å². The number of rotatable bonds is 5. The first-order valence-electron chi connectivity index (χ1n) is 8.52. The van der Waals surface area contributed by atoms with Crippen LogP contribution in [-0.4, -0.2) is 38.3 Å². The summed E-state index contributed by atoms with van der Waals surface area (Å²) in [6.45, 7) is 0. The van der Waals surface area contributed by atoms with Crippen molar-refractivity contribution in [3.8, 4) is 0 Å². The summed E-state index contributed by atoms with van der Waals surface area (Å²) in [7, 11) is 0. The Morgan fingerprint density at radius 1 is 1.24 bits per heavy atom. The minimum Gasteiger partial charge on any atom is -0.393 e. The number of aliphatic hydroxyl groups excluding tert-OH is 1. The number of aliphatic hydroxyl groups is 1. The van der Waals surface area contributed by atoms with E-state index in [1.165, 1.54) is 0 Å². The number of carbonyl (C=O) groups excluding carboxylic acids is 1. The molecule has 0 unspecified atom stereocenters. The first-order chi connectivity index (χ1) is 12.2. The van der Waals surface area contributed by atoms with E-state index < -0.39 is 0 Å². The third kappa shape index (κ3) is 3.25. The number of para-hydroxylation sites is 1. The van der Waals surface area contributed by atoms with Crippen LogP contribution < -0.4 is 5.32 Å². The van der Waals surface area contributed by atoms with Crippen LogP contribution in [0.2, 0.25) is 0 Å². The highest BCUT2D eigenvalue weighted by atomic mass is 16.3. The van der Waals surface area contributed by atoms with Crippen LogP contribution in [0.15, 0.2) is 48.7 Å².